The fourth-order valence-corrected chi connectivity index (χ4v) is 3.55. The first-order valence-electron chi connectivity index (χ1n) is 8.18. The van der Waals surface area contributed by atoms with Crippen LogP contribution in [-0.4, -0.2) is 33.9 Å². The molecule has 0 bridgehead atoms. The molecule has 2 aromatic rings. The van der Waals surface area contributed by atoms with Crippen LogP contribution >= 0.6 is 0 Å². The van der Waals surface area contributed by atoms with Crippen LogP contribution < -0.4 is 0 Å². The van der Waals surface area contributed by atoms with E-state index in [1.807, 2.05) is 24.3 Å². The molecule has 23 heavy (non-hydrogen) atoms. The molecule has 0 amide bonds. The van der Waals surface area contributed by atoms with Crippen LogP contribution in [0.1, 0.15) is 39.0 Å². The topological polar surface area (TPSA) is 74.1 Å². The largest absolute Gasteiger partial charge is 0.464 e. The zero-order valence-corrected chi connectivity index (χ0v) is 13.3. The van der Waals surface area contributed by atoms with E-state index in [2.05, 4.69) is 10.3 Å². The second kappa shape index (κ2) is 6.48. The fraction of sp³-hybridized carbons (Fsp3) is 0.529. The number of esters is 1. The molecule has 122 valence electrons. The highest BCUT2D eigenvalue weighted by atomic mass is 16.5. The van der Waals surface area contributed by atoms with Gasteiger partial charge < -0.3 is 4.74 Å². The second-order valence-corrected chi connectivity index (χ2v) is 5.99. The van der Waals surface area contributed by atoms with Gasteiger partial charge in [-0.2, -0.15) is 0 Å². The highest BCUT2D eigenvalue weighted by Gasteiger charge is 2.51. The molecule has 0 aliphatic heterocycles. The van der Waals surface area contributed by atoms with Gasteiger partial charge in [-0.15, -0.1) is 5.10 Å². The Hall–Kier alpha value is -2.24. The minimum Gasteiger partial charge on any atom is -0.464 e. The van der Waals surface area contributed by atoms with Crippen LogP contribution in [0, 0.1) is 5.92 Å². The third-order valence-corrected chi connectivity index (χ3v) is 4.71. The zero-order chi connectivity index (χ0) is 16.3. The van der Waals surface area contributed by atoms with Gasteiger partial charge in [0.15, 0.2) is 6.29 Å². The summed E-state index contributed by atoms with van der Waals surface area (Å²) < 4.78 is 6.74. The number of para-hydroxylation sites is 1. The lowest BCUT2D eigenvalue weighted by Crippen LogP contribution is -2.52. The molecule has 1 atom stereocenters. The molecular formula is C17H21N3O3. The molecule has 1 fully saturated rings. The molecule has 6 heteroatoms. The van der Waals surface area contributed by atoms with Crippen molar-refractivity contribution in [2.24, 2.45) is 5.92 Å². The Morgan fingerprint density at radius 1 is 1.35 bits per heavy atom. The molecule has 1 heterocycles. The molecule has 3 rings (SSSR count). The predicted octanol–water partition coefficient (Wildman–Crippen LogP) is 2.47. The SMILES string of the molecule is CCOC(=O)C(C=O)(C1CCCCC1)n1nnc2ccccc21. The molecule has 1 unspecified atom stereocenters. The van der Waals surface area contributed by atoms with Gasteiger partial charge in [-0.25, -0.2) is 9.48 Å². The second-order valence-electron chi connectivity index (χ2n) is 5.99. The molecule has 0 radical (unpaired) electrons. The maximum Gasteiger partial charge on any atom is 0.341 e. The predicted molar refractivity (Wildman–Crippen MR) is 84.8 cm³/mol. The summed E-state index contributed by atoms with van der Waals surface area (Å²) in [7, 11) is 0. The van der Waals surface area contributed by atoms with Crippen molar-refractivity contribution in [3.05, 3.63) is 24.3 Å². The van der Waals surface area contributed by atoms with E-state index in [1.165, 1.54) is 4.68 Å². The van der Waals surface area contributed by atoms with Crippen molar-refractivity contribution in [1.29, 1.82) is 0 Å². The molecule has 1 aromatic heterocycles. The molecular weight excluding hydrogens is 294 g/mol. The molecule has 6 nitrogen and oxygen atoms in total. The van der Waals surface area contributed by atoms with E-state index in [0.717, 1.165) is 32.1 Å². The molecule has 0 N–H and O–H groups in total. The van der Waals surface area contributed by atoms with Crippen molar-refractivity contribution in [1.82, 2.24) is 15.0 Å². The standard InChI is InChI=1S/C17H21N3O3/c1-2-23-16(22)17(12-21,13-8-4-3-5-9-13)20-15-11-7-6-10-14(15)18-19-20/h6-7,10-13H,2-5,8-9H2,1H3. The van der Waals surface area contributed by atoms with Crippen LogP contribution in [-0.2, 0) is 19.9 Å². The first kappa shape index (κ1) is 15.6. The average Bonchev–Trinajstić information content (AvgIpc) is 3.02. The average molecular weight is 315 g/mol. The first-order chi connectivity index (χ1) is 11.2. The number of carbonyl (C=O) groups excluding carboxylic acids is 2. The van der Waals surface area contributed by atoms with Crippen molar-refractivity contribution in [2.45, 2.75) is 44.6 Å². The summed E-state index contributed by atoms with van der Waals surface area (Å²) in [4.78, 5) is 25.0. The Balaban J connectivity index is 2.17. The summed E-state index contributed by atoms with van der Waals surface area (Å²) in [5, 5.41) is 8.27. The molecule has 1 aromatic carbocycles. The van der Waals surface area contributed by atoms with Crippen molar-refractivity contribution >= 4 is 23.3 Å². The monoisotopic (exact) mass is 315 g/mol. The van der Waals surface area contributed by atoms with Crippen molar-refractivity contribution in [2.75, 3.05) is 6.61 Å². The quantitative estimate of drug-likeness (QED) is 0.481. The number of nitrogens with zero attached hydrogens (tertiary/aromatic N) is 3. The van der Waals surface area contributed by atoms with Gasteiger partial charge in [0.1, 0.15) is 5.52 Å². The van der Waals surface area contributed by atoms with Gasteiger partial charge in [0.25, 0.3) is 0 Å². The third kappa shape index (κ3) is 2.52. The smallest absolute Gasteiger partial charge is 0.341 e. The Morgan fingerprint density at radius 2 is 2.09 bits per heavy atom. The maximum absolute atomic E-state index is 12.8. The van der Waals surface area contributed by atoms with E-state index < -0.39 is 11.5 Å². The number of benzene rings is 1. The molecule has 1 aliphatic carbocycles. The van der Waals surface area contributed by atoms with Crippen LogP contribution in [0.3, 0.4) is 0 Å². The van der Waals surface area contributed by atoms with Gasteiger partial charge in [0.05, 0.1) is 12.1 Å². The molecule has 0 saturated heterocycles. The van der Waals surface area contributed by atoms with Crippen LogP contribution in [0.15, 0.2) is 24.3 Å². The summed E-state index contributed by atoms with van der Waals surface area (Å²) in [6.07, 6.45) is 5.48. The van der Waals surface area contributed by atoms with Crippen molar-refractivity contribution in [3.8, 4) is 0 Å². The first-order valence-corrected chi connectivity index (χ1v) is 8.18. The van der Waals surface area contributed by atoms with E-state index in [9.17, 15) is 9.59 Å². The van der Waals surface area contributed by atoms with Crippen LogP contribution in [0.5, 0.6) is 0 Å². The molecule has 1 saturated carbocycles. The Labute approximate surface area is 134 Å². The fourth-order valence-electron chi connectivity index (χ4n) is 3.55. The third-order valence-electron chi connectivity index (χ3n) is 4.71. The Kier molecular flexibility index (Phi) is 4.41. The lowest BCUT2D eigenvalue weighted by Gasteiger charge is -2.36. The number of hydrogen-bond acceptors (Lipinski definition) is 5. The zero-order valence-electron chi connectivity index (χ0n) is 13.3. The molecule has 1 aliphatic rings. The lowest BCUT2D eigenvalue weighted by atomic mass is 9.75. The summed E-state index contributed by atoms with van der Waals surface area (Å²) in [5.41, 5.74) is -0.0796. The van der Waals surface area contributed by atoms with Crippen LogP contribution in [0.25, 0.3) is 11.0 Å². The molecule has 0 spiro atoms. The van der Waals surface area contributed by atoms with Crippen molar-refractivity contribution < 1.29 is 14.3 Å². The number of ether oxygens (including phenoxy) is 1. The van der Waals surface area contributed by atoms with Gasteiger partial charge in [0, 0.05) is 5.92 Å². The van der Waals surface area contributed by atoms with Crippen LogP contribution in [0.2, 0.25) is 0 Å². The number of aldehydes is 1. The number of hydrogen-bond donors (Lipinski definition) is 0. The minimum absolute atomic E-state index is 0.113. The van der Waals surface area contributed by atoms with Gasteiger partial charge in [-0.3, -0.25) is 4.79 Å². The summed E-state index contributed by atoms with van der Waals surface area (Å²) in [6.45, 7) is 1.97. The highest BCUT2D eigenvalue weighted by Crippen LogP contribution is 2.38. The van der Waals surface area contributed by atoms with E-state index >= 15 is 0 Å². The summed E-state index contributed by atoms with van der Waals surface area (Å²) in [5.74, 6) is -0.643. The van der Waals surface area contributed by atoms with E-state index in [1.54, 1.807) is 6.92 Å². The van der Waals surface area contributed by atoms with Crippen molar-refractivity contribution in [3.63, 3.8) is 0 Å². The van der Waals surface area contributed by atoms with Crippen LogP contribution in [0.4, 0.5) is 0 Å². The van der Waals surface area contributed by atoms with Gasteiger partial charge in [0.2, 0.25) is 5.54 Å². The van der Waals surface area contributed by atoms with Gasteiger partial charge >= 0.3 is 5.97 Å². The van der Waals surface area contributed by atoms with E-state index in [-0.39, 0.29) is 12.5 Å². The van der Waals surface area contributed by atoms with E-state index in [0.29, 0.717) is 17.3 Å². The van der Waals surface area contributed by atoms with E-state index in [4.69, 9.17) is 4.74 Å². The Morgan fingerprint density at radius 3 is 2.78 bits per heavy atom. The highest BCUT2D eigenvalue weighted by molar-refractivity contribution is 5.97. The minimum atomic E-state index is -1.42. The number of aromatic nitrogens is 3. The summed E-state index contributed by atoms with van der Waals surface area (Å²) >= 11 is 0. The van der Waals surface area contributed by atoms with Gasteiger partial charge in [-0.1, -0.05) is 36.6 Å². The van der Waals surface area contributed by atoms with Gasteiger partial charge in [-0.05, 0) is 31.9 Å². The number of rotatable bonds is 5. The normalized spacial score (nSPS) is 18.5. The Bertz CT molecular complexity index is 706. The number of fused-ring (bicyclic) bond motifs is 1. The summed E-state index contributed by atoms with van der Waals surface area (Å²) in [6, 6.07) is 7.36. The number of carbonyl (C=O) groups is 2. The maximum atomic E-state index is 12.8. The lowest BCUT2D eigenvalue weighted by molar-refractivity contribution is -0.160.